The van der Waals surface area contributed by atoms with Crippen molar-refractivity contribution in [2.24, 2.45) is 0 Å². The van der Waals surface area contributed by atoms with Gasteiger partial charge in [0, 0.05) is 0 Å². The molecule has 4 heteroatoms. The van der Waals surface area contributed by atoms with Gasteiger partial charge in [-0.3, -0.25) is 8.52 Å². The van der Waals surface area contributed by atoms with Gasteiger partial charge in [0.25, 0.3) is 0 Å². The first kappa shape index (κ1) is 11.3. The van der Waals surface area contributed by atoms with E-state index in [0.717, 1.165) is 6.54 Å². The summed E-state index contributed by atoms with van der Waals surface area (Å²) < 4.78 is 1.90. The quantitative estimate of drug-likeness (QED) is 0.546. The zero-order chi connectivity index (χ0) is 8.85. The summed E-state index contributed by atoms with van der Waals surface area (Å²) in [6.45, 7) is 6.97. The van der Waals surface area contributed by atoms with Gasteiger partial charge in [-0.05, 0) is 17.9 Å². The predicted octanol–water partition coefficient (Wildman–Crippen LogP) is 3.25. The average Bonchev–Trinajstić information content (AvgIpc) is 2.02. The molecule has 0 spiro atoms. The Bertz CT molecular complexity index is 168. The van der Waals surface area contributed by atoms with Gasteiger partial charge < -0.3 is 0 Å². The fourth-order valence-electron chi connectivity index (χ4n) is 0.542. The Kier molecular flexibility index (Phi) is 6.03. The summed E-state index contributed by atoms with van der Waals surface area (Å²) in [6.07, 6.45) is 0. The highest BCUT2D eigenvalue weighted by atomic mass is 127. The molecule has 0 radical (unpaired) electrons. The van der Waals surface area contributed by atoms with Crippen molar-refractivity contribution in [1.82, 2.24) is 3.11 Å². The second-order valence-corrected chi connectivity index (χ2v) is 3.93. The SMILES string of the molecule is CC.CC1=CSC(=N)N(I)C1. The second kappa shape index (κ2) is 5.88. The maximum atomic E-state index is 7.32. The van der Waals surface area contributed by atoms with E-state index < -0.39 is 0 Å². The lowest BCUT2D eigenvalue weighted by Gasteiger charge is -2.20. The Labute approximate surface area is 86.4 Å². The number of amidine groups is 1. The van der Waals surface area contributed by atoms with E-state index in [1.165, 1.54) is 17.3 Å². The van der Waals surface area contributed by atoms with Crippen LogP contribution in [0.1, 0.15) is 20.8 Å². The summed E-state index contributed by atoms with van der Waals surface area (Å²) in [4.78, 5) is 0. The van der Waals surface area contributed by atoms with Gasteiger partial charge in [0.15, 0.2) is 5.17 Å². The summed E-state index contributed by atoms with van der Waals surface area (Å²) in [5, 5.41) is 9.97. The van der Waals surface area contributed by atoms with E-state index in [1.54, 1.807) is 0 Å². The number of hydrogen-bond acceptors (Lipinski definition) is 2. The molecule has 0 bridgehead atoms. The van der Waals surface area contributed by atoms with E-state index in [4.69, 9.17) is 5.41 Å². The molecule has 1 heterocycles. The number of hydrogen-bond donors (Lipinski definition) is 1. The van der Waals surface area contributed by atoms with Crippen molar-refractivity contribution >= 4 is 39.8 Å². The molecule has 1 aliphatic rings. The van der Waals surface area contributed by atoms with Gasteiger partial charge in [-0.25, -0.2) is 0 Å². The third kappa shape index (κ3) is 4.00. The molecule has 0 aromatic rings. The van der Waals surface area contributed by atoms with E-state index >= 15 is 0 Å². The van der Waals surface area contributed by atoms with Crippen LogP contribution >= 0.6 is 34.6 Å². The van der Waals surface area contributed by atoms with Crippen molar-refractivity contribution in [2.75, 3.05) is 6.54 Å². The molecule has 1 rings (SSSR count). The predicted molar refractivity (Wildman–Crippen MR) is 61.1 cm³/mol. The maximum Gasteiger partial charge on any atom is 0.169 e. The van der Waals surface area contributed by atoms with E-state index in [-0.39, 0.29) is 0 Å². The van der Waals surface area contributed by atoms with E-state index in [2.05, 4.69) is 29.8 Å². The first-order valence-electron chi connectivity index (χ1n) is 3.54. The van der Waals surface area contributed by atoms with E-state index in [0.29, 0.717) is 5.17 Å². The first-order valence-corrected chi connectivity index (χ1v) is 5.39. The lowest BCUT2D eigenvalue weighted by molar-refractivity contribution is 0.787. The summed E-state index contributed by atoms with van der Waals surface area (Å²) in [6, 6.07) is 0. The van der Waals surface area contributed by atoms with Crippen molar-refractivity contribution < 1.29 is 0 Å². The third-order valence-corrected chi connectivity index (χ3v) is 3.10. The molecule has 0 unspecified atom stereocenters. The Morgan fingerprint density at radius 3 is 2.55 bits per heavy atom. The number of rotatable bonds is 0. The minimum Gasteiger partial charge on any atom is -0.290 e. The lowest BCUT2D eigenvalue weighted by atomic mass is 10.3. The molecule has 11 heavy (non-hydrogen) atoms. The monoisotopic (exact) mass is 284 g/mol. The molecule has 0 aliphatic carbocycles. The van der Waals surface area contributed by atoms with Crippen molar-refractivity contribution in [1.29, 1.82) is 5.41 Å². The largest absolute Gasteiger partial charge is 0.290 e. The van der Waals surface area contributed by atoms with Crippen LogP contribution in [0.15, 0.2) is 11.0 Å². The van der Waals surface area contributed by atoms with Gasteiger partial charge in [0.2, 0.25) is 0 Å². The van der Waals surface area contributed by atoms with Crippen molar-refractivity contribution in [2.45, 2.75) is 20.8 Å². The molecule has 0 saturated carbocycles. The minimum atomic E-state index is 0.626. The van der Waals surface area contributed by atoms with Gasteiger partial charge in [-0.2, -0.15) is 0 Å². The third-order valence-electron chi connectivity index (χ3n) is 0.980. The number of halogens is 1. The van der Waals surface area contributed by atoms with Crippen LogP contribution in [0.25, 0.3) is 0 Å². The average molecular weight is 284 g/mol. The van der Waals surface area contributed by atoms with Gasteiger partial charge in [-0.1, -0.05) is 25.6 Å². The highest BCUT2D eigenvalue weighted by Gasteiger charge is 2.10. The molecule has 64 valence electrons. The van der Waals surface area contributed by atoms with E-state index in [1.807, 2.05) is 22.4 Å². The zero-order valence-corrected chi connectivity index (χ0v) is 9.99. The number of thioether (sulfide) groups is 1. The second-order valence-electron chi connectivity index (χ2n) is 1.91. The maximum absolute atomic E-state index is 7.32. The highest BCUT2D eigenvalue weighted by Crippen LogP contribution is 2.21. The molecule has 1 N–H and O–H groups in total. The van der Waals surface area contributed by atoms with Gasteiger partial charge in [0.1, 0.15) is 0 Å². The summed E-state index contributed by atoms with van der Waals surface area (Å²) in [5.41, 5.74) is 1.32. The van der Waals surface area contributed by atoms with Crippen LogP contribution < -0.4 is 0 Å². The van der Waals surface area contributed by atoms with Crippen LogP contribution in [0.4, 0.5) is 0 Å². The van der Waals surface area contributed by atoms with Gasteiger partial charge in [-0.15, -0.1) is 0 Å². The fraction of sp³-hybridized carbons (Fsp3) is 0.571. The smallest absolute Gasteiger partial charge is 0.169 e. The van der Waals surface area contributed by atoms with Crippen LogP contribution in [0.3, 0.4) is 0 Å². The van der Waals surface area contributed by atoms with Crippen LogP contribution in [-0.2, 0) is 0 Å². The Hall–Kier alpha value is 0.290. The molecule has 1 aliphatic heterocycles. The topological polar surface area (TPSA) is 27.1 Å². The molecule has 0 atom stereocenters. The van der Waals surface area contributed by atoms with Crippen molar-refractivity contribution in [3.63, 3.8) is 0 Å². The molecule has 2 nitrogen and oxygen atoms in total. The summed E-state index contributed by atoms with van der Waals surface area (Å²) >= 11 is 3.62. The van der Waals surface area contributed by atoms with Crippen molar-refractivity contribution in [3.05, 3.63) is 11.0 Å². The molecule has 0 saturated heterocycles. The first-order chi connectivity index (χ1) is 5.20. The van der Waals surface area contributed by atoms with Crippen molar-refractivity contribution in [3.8, 4) is 0 Å². The zero-order valence-electron chi connectivity index (χ0n) is 7.02. The Morgan fingerprint density at radius 2 is 2.18 bits per heavy atom. The fourth-order valence-corrected chi connectivity index (χ4v) is 1.99. The molecular formula is C7H13IN2S. The minimum absolute atomic E-state index is 0.626. The molecule has 0 aromatic carbocycles. The molecule has 0 fully saturated rings. The Morgan fingerprint density at radius 1 is 1.64 bits per heavy atom. The van der Waals surface area contributed by atoms with E-state index in [9.17, 15) is 0 Å². The van der Waals surface area contributed by atoms with Gasteiger partial charge in [0.05, 0.1) is 29.4 Å². The summed E-state index contributed by atoms with van der Waals surface area (Å²) in [5.74, 6) is 0. The van der Waals surface area contributed by atoms with Crippen LogP contribution in [0, 0.1) is 5.41 Å². The molecule has 0 aromatic heterocycles. The molecular weight excluding hydrogens is 271 g/mol. The standard InChI is InChI=1S/C5H7IN2S.C2H6/c1-4-2-8(6)5(7)9-3-4;1-2/h3,7H,2H2,1H3;1-2H3. The molecule has 0 amide bonds. The number of nitrogens with zero attached hydrogens (tertiary/aromatic N) is 1. The lowest BCUT2D eigenvalue weighted by Crippen LogP contribution is -2.21. The van der Waals surface area contributed by atoms with Crippen LogP contribution in [0.5, 0.6) is 0 Å². The Balaban J connectivity index is 0.000000461. The number of nitrogens with one attached hydrogen (secondary N) is 1. The van der Waals surface area contributed by atoms with Gasteiger partial charge >= 0.3 is 0 Å². The van der Waals surface area contributed by atoms with Crippen LogP contribution in [-0.4, -0.2) is 14.8 Å². The normalized spacial score (nSPS) is 16.9. The highest BCUT2D eigenvalue weighted by molar-refractivity contribution is 14.1. The van der Waals surface area contributed by atoms with Crippen LogP contribution in [0.2, 0.25) is 0 Å². The summed E-state index contributed by atoms with van der Waals surface area (Å²) in [7, 11) is 0.